The molecule has 6 heteroatoms. The molecule has 0 amide bonds. The minimum Gasteiger partial charge on any atom is -0.369 e. The first-order valence-electron chi connectivity index (χ1n) is 10.8. The predicted molar refractivity (Wildman–Crippen MR) is 123 cm³/mol. The average Bonchev–Trinajstić information content (AvgIpc) is 3.48. The van der Waals surface area contributed by atoms with Gasteiger partial charge < -0.3 is 15.5 Å². The number of hydrogen-bond acceptors (Lipinski definition) is 3. The van der Waals surface area contributed by atoms with Gasteiger partial charge in [-0.05, 0) is 55.7 Å². The summed E-state index contributed by atoms with van der Waals surface area (Å²) in [4.78, 5) is 7.23. The maximum atomic E-state index is 4.80. The van der Waals surface area contributed by atoms with Crippen LogP contribution >= 0.6 is 0 Å². The highest BCUT2D eigenvalue weighted by Gasteiger charge is 2.23. The molecule has 1 aromatic heterocycles. The van der Waals surface area contributed by atoms with Crippen molar-refractivity contribution in [1.29, 1.82) is 0 Å². The summed E-state index contributed by atoms with van der Waals surface area (Å²) < 4.78 is 1.87. The number of aliphatic imine (C=N–C) groups is 1. The maximum Gasteiger partial charge on any atom is 0.191 e. The Morgan fingerprint density at radius 1 is 1.07 bits per heavy atom. The number of aromatic nitrogens is 2. The van der Waals surface area contributed by atoms with Gasteiger partial charge in [0.15, 0.2) is 5.96 Å². The molecule has 1 saturated heterocycles. The van der Waals surface area contributed by atoms with Crippen molar-refractivity contribution in [2.45, 2.75) is 25.8 Å². The molecule has 4 rings (SSSR count). The van der Waals surface area contributed by atoms with Crippen LogP contribution in [0.3, 0.4) is 0 Å². The zero-order valence-corrected chi connectivity index (χ0v) is 17.5. The molecule has 1 aliphatic heterocycles. The number of benzene rings is 2. The molecule has 3 aromatic rings. The SMILES string of the molecule is CCNC(=NCCc1ccc(-n2cccn2)cc1)NC1CCN(c2ccccc2)C1. The predicted octanol–water partition coefficient (Wildman–Crippen LogP) is 3.25. The summed E-state index contributed by atoms with van der Waals surface area (Å²) in [5, 5.41) is 11.3. The molecule has 2 heterocycles. The molecule has 1 atom stereocenters. The highest BCUT2D eigenvalue weighted by atomic mass is 15.3. The molecule has 0 aliphatic carbocycles. The third kappa shape index (κ3) is 5.20. The maximum absolute atomic E-state index is 4.80. The van der Waals surface area contributed by atoms with Gasteiger partial charge in [0.25, 0.3) is 0 Å². The van der Waals surface area contributed by atoms with Crippen LogP contribution in [-0.2, 0) is 6.42 Å². The third-order valence-corrected chi connectivity index (χ3v) is 5.37. The molecular formula is C24H30N6. The van der Waals surface area contributed by atoms with Crippen molar-refractivity contribution in [3.05, 3.63) is 78.6 Å². The fraction of sp³-hybridized carbons (Fsp3) is 0.333. The average molecular weight is 403 g/mol. The lowest BCUT2D eigenvalue weighted by atomic mass is 10.1. The van der Waals surface area contributed by atoms with E-state index in [0.29, 0.717) is 6.04 Å². The van der Waals surface area contributed by atoms with Gasteiger partial charge in [-0.25, -0.2) is 4.68 Å². The standard InChI is InChI=1S/C24H30N6/c1-2-25-24(28-21-14-18-29(19-21)22-7-4-3-5-8-22)26-16-13-20-9-11-23(12-10-20)30-17-6-15-27-30/h3-12,15,17,21H,2,13-14,16,18-19H2,1H3,(H2,25,26,28). The second-order valence-electron chi connectivity index (χ2n) is 7.54. The van der Waals surface area contributed by atoms with Gasteiger partial charge in [-0.1, -0.05) is 30.3 Å². The Balaban J connectivity index is 1.29. The summed E-state index contributed by atoms with van der Waals surface area (Å²) >= 11 is 0. The van der Waals surface area contributed by atoms with Crippen LogP contribution in [0.4, 0.5) is 5.69 Å². The molecular weight excluding hydrogens is 372 g/mol. The van der Waals surface area contributed by atoms with E-state index in [0.717, 1.165) is 50.7 Å². The first-order valence-corrected chi connectivity index (χ1v) is 10.8. The van der Waals surface area contributed by atoms with Crippen LogP contribution in [-0.4, -0.2) is 48.0 Å². The van der Waals surface area contributed by atoms with Crippen LogP contribution < -0.4 is 15.5 Å². The number of hydrogen-bond donors (Lipinski definition) is 2. The first-order chi connectivity index (χ1) is 14.8. The summed E-state index contributed by atoms with van der Waals surface area (Å²) in [5.41, 5.74) is 3.65. The number of rotatable bonds is 7. The Labute approximate surface area is 178 Å². The molecule has 2 N–H and O–H groups in total. The van der Waals surface area contributed by atoms with E-state index in [-0.39, 0.29) is 0 Å². The molecule has 0 saturated carbocycles. The smallest absolute Gasteiger partial charge is 0.191 e. The van der Waals surface area contributed by atoms with Crippen molar-refractivity contribution in [2.75, 3.05) is 31.1 Å². The third-order valence-electron chi connectivity index (χ3n) is 5.37. The van der Waals surface area contributed by atoms with Crippen LogP contribution in [0.25, 0.3) is 5.69 Å². The molecule has 0 radical (unpaired) electrons. The van der Waals surface area contributed by atoms with Gasteiger partial charge >= 0.3 is 0 Å². The Kier molecular flexibility index (Phi) is 6.65. The Morgan fingerprint density at radius 2 is 1.90 bits per heavy atom. The summed E-state index contributed by atoms with van der Waals surface area (Å²) in [6, 6.07) is 21.5. The van der Waals surface area contributed by atoms with Crippen molar-refractivity contribution in [3.8, 4) is 5.69 Å². The number of nitrogens with zero attached hydrogens (tertiary/aromatic N) is 4. The van der Waals surface area contributed by atoms with Crippen molar-refractivity contribution >= 4 is 11.6 Å². The second kappa shape index (κ2) is 9.96. The molecule has 2 aromatic carbocycles. The molecule has 6 nitrogen and oxygen atoms in total. The van der Waals surface area contributed by atoms with E-state index < -0.39 is 0 Å². The molecule has 0 spiro atoms. The lowest BCUT2D eigenvalue weighted by molar-refractivity contribution is 0.649. The van der Waals surface area contributed by atoms with Gasteiger partial charge in [-0.2, -0.15) is 5.10 Å². The molecule has 0 bridgehead atoms. The first kappa shape index (κ1) is 20.0. The van der Waals surface area contributed by atoms with Gasteiger partial charge in [0.05, 0.1) is 5.69 Å². The molecule has 1 aliphatic rings. The molecule has 1 fully saturated rings. The summed E-state index contributed by atoms with van der Waals surface area (Å²) in [7, 11) is 0. The van der Waals surface area contributed by atoms with Gasteiger partial charge in [-0.3, -0.25) is 4.99 Å². The summed E-state index contributed by atoms with van der Waals surface area (Å²) in [6.45, 7) is 5.80. The number of para-hydroxylation sites is 1. The summed E-state index contributed by atoms with van der Waals surface area (Å²) in [6.07, 6.45) is 5.78. The lowest BCUT2D eigenvalue weighted by Gasteiger charge is -2.20. The minimum atomic E-state index is 0.413. The minimum absolute atomic E-state index is 0.413. The Bertz CT molecular complexity index is 918. The van der Waals surface area contributed by atoms with E-state index in [4.69, 9.17) is 4.99 Å². The van der Waals surface area contributed by atoms with E-state index in [1.165, 1.54) is 11.3 Å². The van der Waals surface area contributed by atoms with Crippen molar-refractivity contribution in [1.82, 2.24) is 20.4 Å². The van der Waals surface area contributed by atoms with Gasteiger partial charge in [0, 0.05) is 50.3 Å². The van der Waals surface area contributed by atoms with E-state index in [9.17, 15) is 0 Å². The van der Waals surface area contributed by atoms with Gasteiger partial charge in [-0.15, -0.1) is 0 Å². The normalized spacial score (nSPS) is 16.6. The lowest BCUT2D eigenvalue weighted by Crippen LogP contribution is -2.44. The van der Waals surface area contributed by atoms with Crippen LogP contribution in [0.5, 0.6) is 0 Å². The van der Waals surface area contributed by atoms with Crippen LogP contribution in [0.15, 0.2) is 78.0 Å². The largest absolute Gasteiger partial charge is 0.369 e. The van der Waals surface area contributed by atoms with Crippen molar-refractivity contribution in [2.24, 2.45) is 4.99 Å². The van der Waals surface area contributed by atoms with Gasteiger partial charge in [0.1, 0.15) is 0 Å². The molecule has 1 unspecified atom stereocenters. The van der Waals surface area contributed by atoms with Crippen molar-refractivity contribution < 1.29 is 0 Å². The number of anilines is 1. The Hall–Kier alpha value is -3.28. The monoisotopic (exact) mass is 402 g/mol. The van der Waals surface area contributed by atoms with Crippen LogP contribution in [0.1, 0.15) is 18.9 Å². The molecule has 30 heavy (non-hydrogen) atoms. The fourth-order valence-corrected chi connectivity index (χ4v) is 3.80. The van der Waals surface area contributed by atoms with E-state index >= 15 is 0 Å². The highest BCUT2D eigenvalue weighted by molar-refractivity contribution is 5.80. The van der Waals surface area contributed by atoms with E-state index in [2.05, 4.69) is 82.2 Å². The van der Waals surface area contributed by atoms with E-state index in [1.807, 2.05) is 16.9 Å². The topological polar surface area (TPSA) is 57.5 Å². The van der Waals surface area contributed by atoms with Gasteiger partial charge in [0.2, 0.25) is 0 Å². The number of nitrogens with one attached hydrogen (secondary N) is 2. The zero-order chi connectivity index (χ0) is 20.6. The van der Waals surface area contributed by atoms with Crippen LogP contribution in [0.2, 0.25) is 0 Å². The number of guanidine groups is 1. The fourth-order valence-electron chi connectivity index (χ4n) is 3.80. The summed E-state index contributed by atoms with van der Waals surface area (Å²) in [5.74, 6) is 0.908. The van der Waals surface area contributed by atoms with E-state index in [1.54, 1.807) is 6.20 Å². The Morgan fingerprint density at radius 3 is 2.63 bits per heavy atom. The van der Waals surface area contributed by atoms with Crippen molar-refractivity contribution in [3.63, 3.8) is 0 Å². The highest BCUT2D eigenvalue weighted by Crippen LogP contribution is 2.19. The molecule has 156 valence electrons. The second-order valence-corrected chi connectivity index (χ2v) is 7.54. The quantitative estimate of drug-likeness (QED) is 0.471. The zero-order valence-electron chi connectivity index (χ0n) is 17.5. The van der Waals surface area contributed by atoms with Crippen LogP contribution in [0, 0.1) is 0 Å².